The molecule has 0 bridgehead atoms. The first kappa shape index (κ1) is 14.1. The van der Waals surface area contributed by atoms with E-state index in [2.05, 4.69) is 52.3 Å². The Kier molecular flexibility index (Phi) is 4.88. The molecule has 3 rings (SSSR count). The lowest BCUT2D eigenvalue weighted by atomic mass is 9.92. The highest BCUT2D eigenvalue weighted by Gasteiger charge is 2.20. The van der Waals surface area contributed by atoms with Crippen molar-refractivity contribution in [2.75, 3.05) is 18.0 Å². The van der Waals surface area contributed by atoms with Crippen molar-refractivity contribution in [3.05, 3.63) is 60.3 Å². The molecule has 1 fully saturated rings. The Labute approximate surface area is 127 Å². The zero-order valence-corrected chi connectivity index (χ0v) is 12.6. The van der Waals surface area contributed by atoms with Gasteiger partial charge in [-0.25, -0.2) is 4.98 Å². The molecule has 2 aromatic rings. The highest BCUT2D eigenvalue weighted by molar-refractivity contribution is 5.38. The third-order valence-corrected chi connectivity index (χ3v) is 4.41. The van der Waals surface area contributed by atoms with Gasteiger partial charge in [0.25, 0.3) is 0 Å². The van der Waals surface area contributed by atoms with Gasteiger partial charge in [0.05, 0.1) is 0 Å². The van der Waals surface area contributed by atoms with E-state index in [1.807, 2.05) is 12.3 Å². The van der Waals surface area contributed by atoms with Crippen LogP contribution in [0.25, 0.3) is 0 Å². The van der Waals surface area contributed by atoms with Crippen LogP contribution in [0.5, 0.6) is 0 Å². The van der Waals surface area contributed by atoms with Crippen LogP contribution in [0.4, 0.5) is 5.82 Å². The largest absolute Gasteiger partial charge is 0.356 e. The quantitative estimate of drug-likeness (QED) is 0.811. The molecule has 1 aliphatic heterocycles. The third-order valence-electron chi connectivity index (χ3n) is 4.41. The number of rotatable bonds is 5. The number of aromatic nitrogens is 1. The Balaban J connectivity index is 1.48. The van der Waals surface area contributed by atoms with Crippen molar-refractivity contribution in [1.29, 1.82) is 0 Å². The number of hydrogen-bond acceptors (Lipinski definition) is 2. The van der Waals surface area contributed by atoms with E-state index in [4.69, 9.17) is 0 Å². The first-order chi connectivity index (χ1) is 10.4. The molecule has 2 heterocycles. The second-order valence-corrected chi connectivity index (χ2v) is 6.02. The summed E-state index contributed by atoms with van der Waals surface area (Å²) in [6.07, 6.45) is 8.41. The van der Waals surface area contributed by atoms with Gasteiger partial charge in [-0.15, -0.1) is 0 Å². The molecule has 1 saturated heterocycles. The molecule has 1 aliphatic rings. The van der Waals surface area contributed by atoms with Crippen molar-refractivity contribution in [2.45, 2.75) is 32.1 Å². The lowest BCUT2D eigenvalue weighted by Gasteiger charge is -2.33. The average molecular weight is 280 g/mol. The summed E-state index contributed by atoms with van der Waals surface area (Å²) in [5, 5.41) is 0. The molecular weight excluding hydrogens is 256 g/mol. The number of benzene rings is 1. The zero-order valence-electron chi connectivity index (χ0n) is 12.6. The summed E-state index contributed by atoms with van der Waals surface area (Å²) in [6, 6.07) is 17.0. The van der Waals surface area contributed by atoms with Crippen LogP contribution in [-0.2, 0) is 6.42 Å². The van der Waals surface area contributed by atoms with Crippen LogP contribution >= 0.6 is 0 Å². The van der Waals surface area contributed by atoms with Crippen molar-refractivity contribution in [3.8, 4) is 0 Å². The molecule has 21 heavy (non-hydrogen) atoms. The van der Waals surface area contributed by atoms with E-state index in [-0.39, 0.29) is 0 Å². The van der Waals surface area contributed by atoms with Crippen molar-refractivity contribution >= 4 is 5.82 Å². The minimum atomic E-state index is 0.824. The summed E-state index contributed by atoms with van der Waals surface area (Å²) < 4.78 is 0. The number of hydrogen-bond donors (Lipinski definition) is 0. The minimum Gasteiger partial charge on any atom is -0.356 e. The zero-order chi connectivity index (χ0) is 14.3. The van der Waals surface area contributed by atoms with Gasteiger partial charge in [-0.05, 0) is 55.7 Å². The number of piperidine rings is 1. The fraction of sp³-hybridized carbons (Fsp3) is 0.421. The Morgan fingerprint density at radius 2 is 1.90 bits per heavy atom. The summed E-state index contributed by atoms with van der Waals surface area (Å²) in [7, 11) is 0. The predicted molar refractivity (Wildman–Crippen MR) is 88.6 cm³/mol. The Morgan fingerprint density at radius 3 is 2.71 bits per heavy atom. The summed E-state index contributed by atoms with van der Waals surface area (Å²) in [5.41, 5.74) is 1.47. The van der Waals surface area contributed by atoms with E-state index < -0.39 is 0 Å². The van der Waals surface area contributed by atoms with E-state index >= 15 is 0 Å². The second kappa shape index (κ2) is 7.26. The number of pyridine rings is 1. The molecule has 0 amide bonds. The third kappa shape index (κ3) is 4.07. The summed E-state index contributed by atoms with van der Waals surface area (Å²) in [6.45, 7) is 2.33. The van der Waals surface area contributed by atoms with E-state index in [1.165, 1.54) is 44.2 Å². The second-order valence-electron chi connectivity index (χ2n) is 6.02. The van der Waals surface area contributed by atoms with E-state index in [0.717, 1.165) is 18.3 Å². The molecule has 1 unspecified atom stereocenters. The van der Waals surface area contributed by atoms with Gasteiger partial charge in [0.1, 0.15) is 5.82 Å². The summed E-state index contributed by atoms with van der Waals surface area (Å²) in [5.74, 6) is 1.97. The van der Waals surface area contributed by atoms with Crippen LogP contribution in [0.15, 0.2) is 54.7 Å². The van der Waals surface area contributed by atoms with E-state index in [1.54, 1.807) is 0 Å². The molecule has 0 aliphatic carbocycles. The van der Waals surface area contributed by atoms with Crippen LogP contribution in [0.3, 0.4) is 0 Å². The van der Waals surface area contributed by atoms with Crippen LogP contribution in [0.2, 0.25) is 0 Å². The van der Waals surface area contributed by atoms with Crippen molar-refractivity contribution < 1.29 is 0 Å². The normalized spacial score (nSPS) is 18.7. The summed E-state index contributed by atoms with van der Waals surface area (Å²) in [4.78, 5) is 6.95. The topological polar surface area (TPSA) is 16.1 Å². The average Bonchev–Trinajstić information content (AvgIpc) is 2.57. The Hall–Kier alpha value is -1.83. The Morgan fingerprint density at radius 1 is 1.05 bits per heavy atom. The van der Waals surface area contributed by atoms with Crippen LogP contribution in [0.1, 0.15) is 31.2 Å². The number of anilines is 1. The fourth-order valence-corrected chi connectivity index (χ4v) is 3.29. The van der Waals surface area contributed by atoms with Crippen molar-refractivity contribution in [1.82, 2.24) is 4.98 Å². The van der Waals surface area contributed by atoms with Gasteiger partial charge in [0.2, 0.25) is 0 Å². The van der Waals surface area contributed by atoms with E-state index in [9.17, 15) is 0 Å². The first-order valence-electron chi connectivity index (χ1n) is 8.12. The molecule has 0 N–H and O–H groups in total. The minimum absolute atomic E-state index is 0.824. The van der Waals surface area contributed by atoms with Gasteiger partial charge in [-0.3, -0.25) is 0 Å². The molecule has 110 valence electrons. The number of aryl methyl sites for hydroxylation is 1. The molecule has 1 aromatic carbocycles. The highest BCUT2D eigenvalue weighted by Crippen LogP contribution is 2.25. The van der Waals surface area contributed by atoms with Gasteiger partial charge in [-0.1, -0.05) is 36.4 Å². The maximum Gasteiger partial charge on any atom is 0.128 e. The molecular formula is C19H24N2. The molecule has 0 radical (unpaired) electrons. The van der Waals surface area contributed by atoms with Gasteiger partial charge >= 0.3 is 0 Å². The van der Waals surface area contributed by atoms with Crippen LogP contribution < -0.4 is 4.90 Å². The van der Waals surface area contributed by atoms with Gasteiger partial charge < -0.3 is 4.90 Å². The Bertz CT molecular complexity index is 524. The highest BCUT2D eigenvalue weighted by atomic mass is 15.2. The molecule has 0 saturated carbocycles. The van der Waals surface area contributed by atoms with Gasteiger partial charge in [0, 0.05) is 19.3 Å². The monoisotopic (exact) mass is 280 g/mol. The number of nitrogens with zero attached hydrogens (tertiary/aromatic N) is 2. The lowest BCUT2D eigenvalue weighted by Crippen LogP contribution is -2.35. The first-order valence-corrected chi connectivity index (χ1v) is 8.12. The molecule has 1 atom stereocenters. The van der Waals surface area contributed by atoms with Crippen LogP contribution in [0, 0.1) is 5.92 Å². The van der Waals surface area contributed by atoms with Crippen LogP contribution in [-0.4, -0.2) is 18.1 Å². The fourth-order valence-electron chi connectivity index (χ4n) is 3.29. The molecule has 1 aromatic heterocycles. The molecule has 0 spiro atoms. The molecule has 2 heteroatoms. The summed E-state index contributed by atoms with van der Waals surface area (Å²) >= 11 is 0. The maximum absolute atomic E-state index is 4.49. The smallest absolute Gasteiger partial charge is 0.128 e. The molecule has 2 nitrogen and oxygen atoms in total. The SMILES string of the molecule is c1ccc(CCCC2CCCN(c3ccccn3)C2)cc1. The van der Waals surface area contributed by atoms with E-state index in [0.29, 0.717) is 0 Å². The van der Waals surface area contributed by atoms with Gasteiger partial charge in [-0.2, -0.15) is 0 Å². The van der Waals surface area contributed by atoms with Gasteiger partial charge in [0.15, 0.2) is 0 Å². The lowest BCUT2D eigenvalue weighted by molar-refractivity contribution is 0.381. The van der Waals surface area contributed by atoms with Crippen molar-refractivity contribution in [3.63, 3.8) is 0 Å². The van der Waals surface area contributed by atoms with Crippen molar-refractivity contribution in [2.24, 2.45) is 5.92 Å². The standard InChI is InChI=1S/C19H24N2/c1-2-8-17(9-3-1)10-6-11-18-12-7-15-21(16-18)19-13-4-5-14-20-19/h1-5,8-9,13-14,18H,6-7,10-12,15-16H2. The maximum atomic E-state index is 4.49. The predicted octanol–water partition coefficient (Wildman–Crippen LogP) is 4.32.